The number of nitrogens with two attached hydrogens (primary N) is 1. The highest BCUT2D eigenvalue weighted by Crippen LogP contribution is 2.21. The summed E-state index contributed by atoms with van der Waals surface area (Å²) in [7, 11) is -3.10. The maximum atomic E-state index is 13.2. The molecule has 1 unspecified atom stereocenters. The van der Waals surface area contributed by atoms with Gasteiger partial charge in [-0.1, -0.05) is 0 Å². The van der Waals surface area contributed by atoms with Crippen LogP contribution >= 0.6 is 0 Å². The molecule has 1 aromatic carbocycles. The van der Waals surface area contributed by atoms with Crippen molar-refractivity contribution in [2.45, 2.75) is 6.42 Å². The van der Waals surface area contributed by atoms with E-state index in [0.29, 0.717) is 6.42 Å². The number of hydrogen-bond acceptors (Lipinski definition) is 4. The molecule has 1 amide bonds. The van der Waals surface area contributed by atoms with Crippen LogP contribution < -0.4 is 11.1 Å². The first kappa shape index (κ1) is 12.8. The summed E-state index contributed by atoms with van der Waals surface area (Å²) in [5.41, 5.74) is 5.58. The number of amides is 1. The van der Waals surface area contributed by atoms with Crippen LogP contribution in [0.1, 0.15) is 6.42 Å². The lowest BCUT2D eigenvalue weighted by Crippen LogP contribution is -2.23. The van der Waals surface area contributed by atoms with Crippen molar-refractivity contribution >= 4 is 27.1 Å². The lowest BCUT2D eigenvalue weighted by Gasteiger charge is -2.09. The van der Waals surface area contributed by atoms with E-state index >= 15 is 0 Å². The van der Waals surface area contributed by atoms with Gasteiger partial charge in [0.1, 0.15) is 5.82 Å². The van der Waals surface area contributed by atoms with Gasteiger partial charge in [0.15, 0.2) is 9.84 Å². The molecule has 0 aliphatic carbocycles. The predicted octanol–water partition coefficient (Wildman–Crippen LogP) is 0.781. The van der Waals surface area contributed by atoms with Gasteiger partial charge < -0.3 is 11.1 Å². The number of rotatable bonds is 2. The Morgan fingerprint density at radius 3 is 2.72 bits per heavy atom. The molecule has 5 nitrogen and oxygen atoms in total. The summed E-state index contributed by atoms with van der Waals surface area (Å²) in [6.07, 6.45) is 0.311. The van der Waals surface area contributed by atoms with E-state index < -0.39 is 27.5 Å². The fourth-order valence-electron chi connectivity index (χ4n) is 1.85. The van der Waals surface area contributed by atoms with Crippen molar-refractivity contribution in [2.24, 2.45) is 5.92 Å². The molecule has 18 heavy (non-hydrogen) atoms. The summed E-state index contributed by atoms with van der Waals surface area (Å²) in [4.78, 5) is 11.8. The Morgan fingerprint density at radius 2 is 2.17 bits per heavy atom. The van der Waals surface area contributed by atoms with Crippen molar-refractivity contribution in [3.05, 3.63) is 24.0 Å². The number of anilines is 2. The highest BCUT2D eigenvalue weighted by molar-refractivity contribution is 7.91. The van der Waals surface area contributed by atoms with Crippen molar-refractivity contribution in [2.75, 3.05) is 22.6 Å². The van der Waals surface area contributed by atoms with E-state index in [1.807, 2.05) is 0 Å². The Labute approximate surface area is 104 Å². The molecule has 1 heterocycles. The summed E-state index contributed by atoms with van der Waals surface area (Å²) < 4.78 is 35.6. The van der Waals surface area contributed by atoms with Crippen molar-refractivity contribution in [1.29, 1.82) is 0 Å². The molecule has 1 atom stereocenters. The minimum absolute atomic E-state index is 0.00329. The first-order chi connectivity index (χ1) is 8.37. The Balaban J connectivity index is 2.06. The molecule has 0 spiro atoms. The normalized spacial score (nSPS) is 21.7. The Morgan fingerprint density at radius 1 is 1.44 bits per heavy atom. The average molecular weight is 272 g/mol. The molecule has 1 aliphatic rings. The van der Waals surface area contributed by atoms with Crippen LogP contribution in [0.5, 0.6) is 0 Å². The van der Waals surface area contributed by atoms with Crippen molar-refractivity contribution in [1.82, 2.24) is 0 Å². The van der Waals surface area contributed by atoms with Gasteiger partial charge in [-0.05, 0) is 24.6 Å². The molecule has 0 bridgehead atoms. The van der Waals surface area contributed by atoms with Crippen LogP contribution in [0.4, 0.5) is 15.8 Å². The van der Waals surface area contributed by atoms with Gasteiger partial charge in [-0.25, -0.2) is 12.8 Å². The Hall–Kier alpha value is -1.63. The highest BCUT2D eigenvalue weighted by Gasteiger charge is 2.32. The highest BCUT2D eigenvalue weighted by atomic mass is 32.2. The zero-order valence-corrected chi connectivity index (χ0v) is 10.3. The summed E-state index contributed by atoms with van der Waals surface area (Å²) >= 11 is 0. The minimum atomic E-state index is -3.10. The van der Waals surface area contributed by atoms with Gasteiger partial charge in [-0.2, -0.15) is 0 Å². The van der Waals surface area contributed by atoms with Gasteiger partial charge in [0.05, 0.1) is 23.1 Å². The molecular weight excluding hydrogens is 259 g/mol. The summed E-state index contributed by atoms with van der Waals surface area (Å²) in [5, 5.41) is 2.49. The van der Waals surface area contributed by atoms with E-state index in [4.69, 9.17) is 5.73 Å². The Bertz CT molecular complexity index is 586. The van der Waals surface area contributed by atoms with E-state index in [2.05, 4.69) is 5.32 Å². The summed E-state index contributed by atoms with van der Waals surface area (Å²) in [6, 6.07) is 3.92. The maximum absolute atomic E-state index is 13.2. The summed E-state index contributed by atoms with van der Waals surface area (Å²) in [6.45, 7) is 0. The third kappa shape index (κ3) is 2.79. The number of nitrogen functional groups attached to an aromatic ring is 1. The first-order valence-electron chi connectivity index (χ1n) is 5.44. The number of sulfone groups is 1. The third-order valence-electron chi connectivity index (χ3n) is 2.87. The van der Waals surface area contributed by atoms with Gasteiger partial charge >= 0.3 is 0 Å². The van der Waals surface area contributed by atoms with Crippen LogP contribution in [0.25, 0.3) is 0 Å². The smallest absolute Gasteiger partial charge is 0.228 e. The van der Waals surface area contributed by atoms with Crippen molar-refractivity contribution in [3.8, 4) is 0 Å². The third-order valence-corrected chi connectivity index (χ3v) is 4.64. The van der Waals surface area contributed by atoms with Crippen LogP contribution in [-0.2, 0) is 14.6 Å². The van der Waals surface area contributed by atoms with Crippen LogP contribution in [0.3, 0.4) is 0 Å². The van der Waals surface area contributed by atoms with Crippen LogP contribution in [0.15, 0.2) is 18.2 Å². The Kier molecular flexibility index (Phi) is 3.25. The SMILES string of the molecule is Nc1ccc(NC(=O)C2CCS(=O)(=O)C2)cc1F. The molecule has 7 heteroatoms. The second kappa shape index (κ2) is 4.56. The molecule has 98 valence electrons. The monoisotopic (exact) mass is 272 g/mol. The maximum Gasteiger partial charge on any atom is 0.228 e. The topological polar surface area (TPSA) is 89.3 Å². The van der Waals surface area contributed by atoms with E-state index in [9.17, 15) is 17.6 Å². The van der Waals surface area contributed by atoms with Gasteiger partial charge in [-0.3, -0.25) is 4.79 Å². The second-order valence-electron chi connectivity index (χ2n) is 4.33. The lowest BCUT2D eigenvalue weighted by atomic mass is 10.1. The molecule has 2 rings (SSSR count). The zero-order valence-electron chi connectivity index (χ0n) is 9.52. The predicted molar refractivity (Wildman–Crippen MR) is 66.2 cm³/mol. The quantitative estimate of drug-likeness (QED) is 0.779. The van der Waals surface area contributed by atoms with E-state index in [1.165, 1.54) is 12.1 Å². The van der Waals surface area contributed by atoms with E-state index in [-0.39, 0.29) is 22.9 Å². The fraction of sp³-hybridized carbons (Fsp3) is 0.364. The fourth-order valence-corrected chi connectivity index (χ4v) is 3.59. The molecule has 1 aliphatic heterocycles. The standard InChI is InChI=1S/C11H13FN2O3S/c12-9-5-8(1-2-10(9)13)14-11(15)7-3-4-18(16,17)6-7/h1-2,5,7H,3-4,6,13H2,(H,14,15). The number of hydrogen-bond donors (Lipinski definition) is 2. The van der Waals surface area contributed by atoms with Crippen molar-refractivity contribution < 1.29 is 17.6 Å². The summed E-state index contributed by atoms with van der Waals surface area (Å²) in [5.74, 6) is -1.69. The van der Waals surface area contributed by atoms with E-state index in [1.54, 1.807) is 0 Å². The number of benzene rings is 1. The number of carbonyl (C=O) groups is 1. The molecule has 1 aromatic rings. The average Bonchev–Trinajstić information content (AvgIpc) is 2.64. The molecule has 0 saturated carbocycles. The molecule has 3 N–H and O–H groups in total. The number of halogens is 1. The zero-order chi connectivity index (χ0) is 13.3. The van der Waals surface area contributed by atoms with Gasteiger partial charge in [0, 0.05) is 5.69 Å². The molecule has 0 radical (unpaired) electrons. The van der Waals surface area contributed by atoms with Crippen LogP contribution in [0, 0.1) is 11.7 Å². The first-order valence-corrected chi connectivity index (χ1v) is 7.26. The van der Waals surface area contributed by atoms with Crippen LogP contribution in [-0.4, -0.2) is 25.8 Å². The van der Waals surface area contributed by atoms with Gasteiger partial charge in [0.25, 0.3) is 0 Å². The van der Waals surface area contributed by atoms with E-state index in [0.717, 1.165) is 6.07 Å². The van der Waals surface area contributed by atoms with Crippen molar-refractivity contribution in [3.63, 3.8) is 0 Å². The largest absolute Gasteiger partial charge is 0.396 e. The van der Waals surface area contributed by atoms with Crippen LogP contribution in [0.2, 0.25) is 0 Å². The second-order valence-corrected chi connectivity index (χ2v) is 6.55. The minimum Gasteiger partial charge on any atom is -0.396 e. The van der Waals surface area contributed by atoms with Gasteiger partial charge in [-0.15, -0.1) is 0 Å². The molecular formula is C11H13FN2O3S. The molecule has 1 fully saturated rings. The number of nitrogens with one attached hydrogen (secondary N) is 1. The number of carbonyl (C=O) groups excluding carboxylic acids is 1. The lowest BCUT2D eigenvalue weighted by molar-refractivity contribution is -0.119. The molecule has 1 saturated heterocycles. The molecule has 0 aromatic heterocycles. The van der Waals surface area contributed by atoms with Gasteiger partial charge in [0.2, 0.25) is 5.91 Å².